The largest absolute Gasteiger partial charge is 0.388 e. The van der Waals surface area contributed by atoms with E-state index in [4.69, 9.17) is 4.74 Å². The van der Waals surface area contributed by atoms with Crippen molar-refractivity contribution >= 4 is 5.91 Å². The molecule has 1 saturated heterocycles. The number of nitrogens with one attached hydrogen (secondary N) is 1. The Morgan fingerprint density at radius 2 is 2.18 bits per heavy atom. The summed E-state index contributed by atoms with van der Waals surface area (Å²) in [6, 6.07) is 0. The number of ether oxygens (including phenoxy) is 1. The van der Waals surface area contributed by atoms with Crippen LogP contribution in [0.4, 0.5) is 0 Å². The molecule has 2 fully saturated rings. The van der Waals surface area contributed by atoms with Gasteiger partial charge in [0, 0.05) is 13.2 Å². The van der Waals surface area contributed by atoms with E-state index in [1.165, 1.54) is 0 Å². The van der Waals surface area contributed by atoms with E-state index >= 15 is 0 Å². The number of carbonyl (C=O) groups excluding carboxylic acids is 1. The molecule has 0 bridgehead atoms. The second-order valence-corrected chi connectivity index (χ2v) is 5.36. The zero-order valence-corrected chi connectivity index (χ0v) is 10.6. The monoisotopic (exact) mass is 241 g/mol. The third-order valence-corrected chi connectivity index (χ3v) is 4.07. The Kier molecular flexibility index (Phi) is 4.05. The molecule has 2 N–H and O–H groups in total. The first kappa shape index (κ1) is 12.8. The van der Waals surface area contributed by atoms with Gasteiger partial charge in [-0.2, -0.15) is 0 Å². The van der Waals surface area contributed by atoms with Crippen LogP contribution in [0, 0.1) is 5.92 Å². The summed E-state index contributed by atoms with van der Waals surface area (Å²) in [7, 11) is 0. The van der Waals surface area contributed by atoms with Crippen LogP contribution in [0.2, 0.25) is 0 Å². The van der Waals surface area contributed by atoms with Gasteiger partial charge in [-0.15, -0.1) is 0 Å². The van der Waals surface area contributed by atoms with Crippen LogP contribution in [0.3, 0.4) is 0 Å². The minimum Gasteiger partial charge on any atom is -0.388 e. The van der Waals surface area contributed by atoms with E-state index in [2.05, 4.69) is 5.32 Å². The molecule has 4 heteroatoms. The minimum absolute atomic E-state index is 0.0231. The van der Waals surface area contributed by atoms with Crippen LogP contribution in [-0.4, -0.2) is 35.9 Å². The van der Waals surface area contributed by atoms with Gasteiger partial charge in [0.2, 0.25) is 5.91 Å². The highest BCUT2D eigenvalue weighted by Crippen LogP contribution is 2.29. The summed E-state index contributed by atoms with van der Waals surface area (Å²) in [6.45, 7) is 3.13. The molecule has 2 atom stereocenters. The minimum atomic E-state index is -0.656. The first-order chi connectivity index (χ1) is 8.14. The Morgan fingerprint density at radius 3 is 2.82 bits per heavy atom. The van der Waals surface area contributed by atoms with Gasteiger partial charge in [0.25, 0.3) is 0 Å². The highest BCUT2D eigenvalue weighted by Gasteiger charge is 2.35. The van der Waals surface area contributed by atoms with Gasteiger partial charge >= 0.3 is 0 Å². The lowest BCUT2D eigenvalue weighted by molar-refractivity contribution is -0.127. The molecule has 2 rings (SSSR count). The zero-order valence-electron chi connectivity index (χ0n) is 10.6. The van der Waals surface area contributed by atoms with Crippen LogP contribution in [0.5, 0.6) is 0 Å². The molecule has 4 nitrogen and oxygen atoms in total. The number of aliphatic hydroxyl groups is 1. The Bertz CT molecular complexity index is 274. The maximum atomic E-state index is 12.0. The van der Waals surface area contributed by atoms with Gasteiger partial charge in [0.15, 0.2) is 0 Å². The molecule has 1 heterocycles. The second-order valence-electron chi connectivity index (χ2n) is 5.36. The molecule has 2 unspecified atom stereocenters. The standard InChI is InChI=1S/C13H23NO3/c1-2-11-10(5-8-17-11)12(15)14-9-13(16)6-3-4-7-13/h10-11,16H,2-9H2,1H3,(H,14,15). The molecular formula is C13H23NO3. The fraction of sp³-hybridized carbons (Fsp3) is 0.923. The predicted octanol–water partition coefficient (Wildman–Crippen LogP) is 1.22. The van der Waals surface area contributed by atoms with Gasteiger partial charge in [-0.3, -0.25) is 4.79 Å². The lowest BCUT2D eigenvalue weighted by Gasteiger charge is -2.24. The predicted molar refractivity (Wildman–Crippen MR) is 64.6 cm³/mol. The van der Waals surface area contributed by atoms with Crippen molar-refractivity contribution in [2.24, 2.45) is 5.92 Å². The Morgan fingerprint density at radius 1 is 1.47 bits per heavy atom. The summed E-state index contributed by atoms with van der Waals surface area (Å²) < 4.78 is 5.51. The Hall–Kier alpha value is -0.610. The number of amides is 1. The third kappa shape index (κ3) is 2.99. The van der Waals surface area contributed by atoms with Crippen molar-refractivity contribution < 1.29 is 14.6 Å². The van der Waals surface area contributed by atoms with E-state index in [-0.39, 0.29) is 17.9 Å². The zero-order chi connectivity index (χ0) is 12.3. The Labute approximate surface area is 103 Å². The van der Waals surface area contributed by atoms with Crippen LogP contribution >= 0.6 is 0 Å². The van der Waals surface area contributed by atoms with Gasteiger partial charge < -0.3 is 15.2 Å². The highest BCUT2D eigenvalue weighted by molar-refractivity contribution is 5.79. The van der Waals surface area contributed by atoms with Crippen LogP contribution in [-0.2, 0) is 9.53 Å². The van der Waals surface area contributed by atoms with Crippen molar-refractivity contribution in [3.05, 3.63) is 0 Å². The van der Waals surface area contributed by atoms with Crippen molar-refractivity contribution in [2.45, 2.75) is 57.2 Å². The smallest absolute Gasteiger partial charge is 0.225 e. The average molecular weight is 241 g/mol. The maximum absolute atomic E-state index is 12.0. The van der Waals surface area contributed by atoms with Gasteiger partial charge in [-0.1, -0.05) is 19.8 Å². The second kappa shape index (κ2) is 5.36. The molecule has 1 saturated carbocycles. The molecule has 0 aromatic heterocycles. The van der Waals surface area contributed by atoms with E-state index in [1.807, 2.05) is 6.92 Å². The number of rotatable bonds is 4. The van der Waals surface area contributed by atoms with E-state index < -0.39 is 5.60 Å². The summed E-state index contributed by atoms with van der Waals surface area (Å²) in [5.41, 5.74) is -0.656. The van der Waals surface area contributed by atoms with Crippen molar-refractivity contribution in [2.75, 3.05) is 13.2 Å². The Balaban J connectivity index is 1.80. The van der Waals surface area contributed by atoms with Crippen molar-refractivity contribution in [1.82, 2.24) is 5.32 Å². The van der Waals surface area contributed by atoms with E-state index in [0.29, 0.717) is 13.2 Å². The first-order valence-electron chi connectivity index (χ1n) is 6.76. The van der Waals surface area contributed by atoms with Crippen LogP contribution in [0.1, 0.15) is 45.4 Å². The molecule has 1 aliphatic heterocycles. The molecule has 1 amide bonds. The van der Waals surface area contributed by atoms with Crippen molar-refractivity contribution in [1.29, 1.82) is 0 Å². The molecule has 0 aromatic rings. The fourth-order valence-corrected chi connectivity index (χ4v) is 2.94. The molecule has 2 aliphatic rings. The molecule has 17 heavy (non-hydrogen) atoms. The molecule has 0 spiro atoms. The van der Waals surface area contributed by atoms with Gasteiger partial charge in [0.1, 0.15) is 0 Å². The van der Waals surface area contributed by atoms with E-state index in [0.717, 1.165) is 38.5 Å². The molecule has 0 radical (unpaired) electrons. The number of carbonyl (C=O) groups is 1. The maximum Gasteiger partial charge on any atom is 0.225 e. The SMILES string of the molecule is CCC1OCCC1C(=O)NCC1(O)CCCC1. The quantitative estimate of drug-likeness (QED) is 0.778. The number of hydrogen-bond donors (Lipinski definition) is 2. The molecule has 1 aliphatic carbocycles. The third-order valence-electron chi connectivity index (χ3n) is 4.07. The topological polar surface area (TPSA) is 58.6 Å². The van der Waals surface area contributed by atoms with Crippen LogP contribution in [0.25, 0.3) is 0 Å². The average Bonchev–Trinajstić information content (AvgIpc) is 2.95. The summed E-state index contributed by atoms with van der Waals surface area (Å²) in [6.07, 6.45) is 5.50. The molecule has 0 aromatic carbocycles. The van der Waals surface area contributed by atoms with Crippen molar-refractivity contribution in [3.8, 4) is 0 Å². The summed E-state index contributed by atoms with van der Waals surface area (Å²) in [4.78, 5) is 12.0. The summed E-state index contributed by atoms with van der Waals surface area (Å²) in [5, 5.41) is 13.1. The lowest BCUT2D eigenvalue weighted by Crippen LogP contribution is -2.44. The van der Waals surface area contributed by atoms with Gasteiger partial charge in [-0.05, 0) is 25.7 Å². The van der Waals surface area contributed by atoms with Gasteiger partial charge in [-0.25, -0.2) is 0 Å². The summed E-state index contributed by atoms with van der Waals surface area (Å²) >= 11 is 0. The van der Waals surface area contributed by atoms with E-state index in [9.17, 15) is 9.90 Å². The van der Waals surface area contributed by atoms with E-state index in [1.54, 1.807) is 0 Å². The summed E-state index contributed by atoms with van der Waals surface area (Å²) in [5.74, 6) is 0.0275. The normalized spacial score (nSPS) is 31.6. The first-order valence-corrected chi connectivity index (χ1v) is 6.76. The lowest BCUT2D eigenvalue weighted by atomic mass is 9.97. The van der Waals surface area contributed by atoms with Crippen LogP contribution in [0.15, 0.2) is 0 Å². The van der Waals surface area contributed by atoms with Crippen LogP contribution < -0.4 is 5.32 Å². The fourth-order valence-electron chi connectivity index (χ4n) is 2.94. The van der Waals surface area contributed by atoms with Crippen molar-refractivity contribution in [3.63, 3.8) is 0 Å². The molecule has 98 valence electrons. The van der Waals surface area contributed by atoms with Gasteiger partial charge in [0.05, 0.1) is 17.6 Å². The number of hydrogen-bond acceptors (Lipinski definition) is 3. The molecular weight excluding hydrogens is 218 g/mol. The highest BCUT2D eigenvalue weighted by atomic mass is 16.5.